The zero-order valence-electron chi connectivity index (χ0n) is 14.8. The van der Waals surface area contributed by atoms with Gasteiger partial charge in [-0.3, -0.25) is 0 Å². The minimum Gasteiger partial charge on any atom is -0.420 e. The number of amides is 2. The van der Waals surface area contributed by atoms with Crippen molar-refractivity contribution in [3.05, 3.63) is 36.0 Å². The summed E-state index contributed by atoms with van der Waals surface area (Å²) >= 11 is 0. The molecule has 2 aromatic rings. The van der Waals surface area contributed by atoms with E-state index in [1.807, 2.05) is 25.7 Å². The van der Waals surface area contributed by atoms with Crippen molar-refractivity contribution in [2.24, 2.45) is 0 Å². The van der Waals surface area contributed by atoms with Crippen molar-refractivity contribution in [2.45, 2.75) is 45.1 Å². The van der Waals surface area contributed by atoms with Crippen molar-refractivity contribution in [1.29, 1.82) is 0 Å². The molecule has 7 heteroatoms. The van der Waals surface area contributed by atoms with E-state index in [1.165, 1.54) is 12.1 Å². The normalized spacial score (nSPS) is 16.1. The molecule has 0 saturated carbocycles. The second-order valence-electron chi connectivity index (χ2n) is 7.39. The first-order valence-corrected chi connectivity index (χ1v) is 8.48. The molecule has 1 aliphatic heterocycles. The molecule has 1 saturated heterocycles. The number of likely N-dealkylation sites (tertiary alicyclic amines) is 1. The van der Waals surface area contributed by atoms with Crippen LogP contribution in [0.25, 0.3) is 11.5 Å². The molecule has 25 heavy (non-hydrogen) atoms. The fraction of sp³-hybridized carbons (Fsp3) is 0.500. The zero-order valence-corrected chi connectivity index (χ0v) is 14.8. The lowest BCUT2D eigenvalue weighted by Crippen LogP contribution is -2.50. The third-order valence-corrected chi connectivity index (χ3v) is 4.15. The second kappa shape index (κ2) is 6.82. The predicted octanol–water partition coefficient (Wildman–Crippen LogP) is 3.56. The zero-order chi connectivity index (χ0) is 18.0. The Morgan fingerprint density at radius 3 is 2.44 bits per heavy atom. The second-order valence-corrected chi connectivity index (χ2v) is 7.39. The number of urea groups is 1. The molecule has 1 fully saturated rings. The number of benzene rings is 1. The molecular weight excluding hydrogens is 323 g/mol. The summed E-state index contributed by atoms with van der Waals surface area (Å²) in [5.74, 6) is 0.808. The minimum absolute atomic E-state index is 0.0384. The van der Waals surface area contributed by atoms with Gasteiger partial charge in [0.15, 0.2) is 0 Å². The first kappa shape index (κ1) is 17.4. The smallest absolute Gasteiger partial charge is 0.317 e. The number of hydrogen-bond acceptors (Lipinski definition) is 4. The summed E-state index contributed by atoms with van der Waals surface area (Å²) in [6.07, 6.45) is 1.56. The van der Waals surface area contributed by atoms with Gasteiger partial charge in [0.1, 0.15) is 5.82 Å². The lowest BCUT2D eigenvalue weighted by atomic mass is 9.97. The molecule has 0 aliphatic carbocycles. The molecule has 0 bridgehead atoms. The molecule has 2 amide bonds. The van der Waals surface area contributed by atoms with E-state index in [0.29, 0.717) is 30.4 Å². The SMILES string of the molecule is CC(C)(C)NC(=O)N1CCC(c2nnc(-c3ccc(F)cc3)o2)CC1. The van der Waals surface area contributed by atoms with Crippen LogP contribution < -0.4 is 5.32 Å². The largest absolute Gasteiger partial charge is 0.420 e. The van der Waals surface area contributed by atoms with E-state index >= 15 is 0 Å². The number of hydrogen-bond donors (Lipinski definition) is 1. The Kier molecular flexibility index (Phi) is 4.74. The van der Waals surface area contributed by atoms with Crippen LogP contribution in [0, 0.1) is 5.82 Å². The van der Waals surface area contributed by atoms with Crippen molar-refractivity contribution in [2.75, 3.05) is 13.1 Å². The number of halogens is 1. The Labute approximate surface area is 146 Å². The molecule has 2 heterocycles. The van der Waals surface area contributed by atoms with E-state index in [4.69, 9.17) is 4.42 Å². The molecule has 0 spiro atoms. The fourth-order valence-electron chi connectivity index (χ4n) is 2.84. The predicted molar refractivity (Wildman–Crippen MR) is 91.5 cm³/mol. The van der Waals surface area contributed by atoms with Gasteiger partial charge in [0, 0.05) is 30.1 Å². The minimum atomic E-state index is -0.301. The van der Waals surface area contributed by atoms with Crippen LogP contribution in [0.1, 0.15) is 45.4 Å². The van der Waals surface area contributed by atoms with Gasteiger partial charge in [-0.05, 0) is 57.9 Å². The Hall–Kier alpha value is -2.44. The summed E-state index contributed by atoms with van der Waals surface area (Å²) in [5.41, 5.74) is 0.451. The maximum absolute atomic E-state index is 13.0. The number of aromatic nitrogens is 2. The average Bonchev–Trinajstić information content (AvgIpc) is 3.04. The molecule has 1 N–H and O–H groups in total. The highest BCUT2D eigenvalue weighted by Crippen LogP contribution is 2.29. The Balaban J connectivity index is 1.60. The molecule has 1 aliphatic rings. The molecule has 3 rings (SSSR count). The van der Waals surface area contributed by atoms with E-state index in [9.17, 15) is 9.18 Å². The van der Waals surface area contributed by atoms with Gasteiger partial charge >= 0.3 is 6.03 Å². The third kappa shape index (κ3) is 4.35. The lowest BCUT2D eigenvalue weighted by molar-refractivity contribution is 0.169. The number of nitrogens with one attached hydrogen (secondary N) is 1. The van der Waals surface area contributed by atoms with Crippen molar-refractivity contribution in [1.82, 2.24) is 20.4 Å². The van der Waals surface area contributed by atoms with Crippen LogP contribution in [-0.2, 0) is 0 Å². The van der Waals surface area contributed by atoms with Crippen LogP contribution >= 0.6 is 0 Å². The first-order chi connectivity index (χ1) is 11.8. The number of carbonyl (C=O) groups excluding carboxylic acids is 1. The number of piperidine rings is 1. The quantitative estimate of drug-likeness (QED) is 0.902. The van der Waals surface area contributed by atoms with Gasteiger partial charge in [-0.2, -0.15) is 0 Å². The fourth-order valence-corrected chi connectivity index (χ4v) is 2.84. The third-order valence-electron chi connectivity index (χ3n) is 4.15. The van der Waals surface area contributed by atoms with Gasteiger partial charge in [-0.1, -0.05) is 0 Å². The number of nitrogens with zero attached hydrogens (tertiary/aromatic N) is 3. The van der Waals surface area contributed by atoms with Crippen molar-refractivity contribution in [3.63, 3.8) is 0 Å². The molecule has 134 valence electrons. The van der Waals surface area contributed by atoms with E-state index < -0.39 is 0 Å². The van der Waals surface area contributed by atoms with Crippen molar-refractivity contribution >= 4 is 6.03 Å². The summed E-state index contributed by atoms with van der Waals surface area (Å²) in [6.45, 7) is 7.20. The van der Waals surface area contributed by atoms with Crippen LogP contribution in [0.3, 0.4) is 0 Å². The highest BCUT2D eigenvalue weighted by molar-refractivity contribution is 5.75. The first-order valence-electron chi connectivity index (χ1n) is 8.48. The molecule has 0 unspecified atom stereocenters. The summed E-state index contributed by atoms with van der Waals surface area (Å²) in [4.78, 5) is 14.0. The highest BCUT2D eigenvalue weighted by Gasteiger charge is 2.28. The highest BCUT2D eigenvalue weighted by atomic mass is 19.1. The van der Waals surface area contributed by atoms with E-state index in [1.54, 1.807) is 12.1 Å². The van der Waals surface area contributed by atoms with E-state index in [2.05, 4.69) is 15.5 Å². The van der Waals surface area contributed by atoms with Crippen LogP contribution in [-0.4, -0.2) is 39.8 Å². The van der Waals surface area contributed by atoms with Gasteiger partial charge in [0.2, 0.25) is 11.8 Å². The molecule has 6 nitrogen and oxygen atoms in total. The maximum Gasteiger partial charge on any atom is 0.317 e. The van der Waals surface area contributed by atoms with Gasteiger partial charge in [-0.25, -0.2) is 9.18 Å². The van der Waals surface area contributed by atoms with Crippen LogP contribution in [0.2, 0.25) is 0 Å². The molecule has 0 radical (unpaired) electrons. The summed E-state index contributed by atoms with van der Waals surface area (Å²) < 4.78 is 18.8. The lowest BCUT2D eigenvalue weighted by Gasteiger charge is -2.33. The number of carbonyl (C=O) groups is 1. The van der Waals surface area contributed by atoms with Crippen LogP contribution in [0.5, 0.6) is 0 Å². The Morgan fingerprint density at radius 2 is 1.84 bits per heavy atom. The Bertz CT molecular complexity index is 728. The molecule has 1 aromatic carbocycles. The van der Waals surface area contributed by atoms with Crippen molar-refractivity contribution in [3.8, 4) is 11.5 Å². The van der Waals surface area contributed by atoms with E-state index in [-0.39, 0.29) is 23.3 Å². The summed E-state index contributed by atoms with van der Waals surface area (Å²) in [6, 6.07) is 5.93. The van der Waals surface area contributed by atoms with Gasteiger partial charge in [0.05, 0.1) is 0 Å². The summed E-state index contributed by atoms with van der Waals surface area (Å²) in [7, 11) is 0. The maximum atomic E-state index is 13.0. The average molecular weight is 346 g/mol. The van der Waals surface area contributed by atoms with Gasteiger partial charge in [-0.15, -0.1) is 10.2 Å². The monoisotopic (exact) mass is 346 g/mol. The van der Waals surface area contributed by atoms with E-state index in [0.717, 1.165) is 12.8 Å². The summed E-state index contributed by atoms with van der Waals surface area (Å²) in [5, 5.41) is 11.2. The van der Waals surface area contributed by atoms with Gasteiger partial charge < -0.3 is 14.6 Å². The standard InChI is InChI=1S/C18H23FN4O2/c1-18(2,3)20-17(24)23-10-8-13(9-11-23)16-22-21-15(25-16)12-4-6-14(19)7-5-12/h4-7,13H,8-11H2,1-3H3,(H,20,24). The van der Waals surface area contributed by atoms with Gasteiger partial charge in [0.25, 0.3) is 0 Å². The topological polar surface area (TPSA) is 71.3 Å². The number of rotatable bonds is 2. The van der Waals surface area contributed by atoms with Crippen LogP contribution in [0.15, 0.2) is 28.7 Å². The molecule has 1 aromatic heterocycles. The molecular formula is C18H23FN4O2. The Morgan fingerprint density at radius 1 is 1.20 bits per heavy atom. The van der Waals surface area contributed by atoms with Crippen LogP contribution in [0.4, 0.5) is 9.18 Å². The van der Waals surface area contributed by atoms with Crippen molar-refractivity contribution < 1.29 is 13.6 Å². The molecule has 0 atom stereocenters.